The average Bonchev–Trinajstić information content (AvgIpc) is 2.93. The maximum atomic E-state index is 11.1. The second kappa shape index (κ2) is 24.6. The Morgan fingerprint density at radius 2 is 0.800 bits per heavy atom. The predicted octanol–water partition coefficient (Wildman–Crippen LogP) is 13.2. The second-order valence-corrected chi connectivity index (χ2v) is 13.8. The Kier molecular flexibility index (Phi) is 22.8. The molecule has 0 aliphatic heterocycles. The van der Waals surface area contributed by atoms with Crippen LogP contribution >= 0.6 is 0 Å². The lowest BCUT2D eigenvalue weighted by molar-refractivity contribution is 0.434. The number of unbranched alkanes of at least 4 members (excludes halogenated alkanes) is 15. The lowest BCUT2D eigenvalue weighted by Crippen LogP contribution is -2.12. The highest BCUT2D eigenvalue weighted by atomic mass is 16.3. The highest BCUT2D eigenvalue weighted by Gasteiger charge is 2.19. The molecule has 1 heteroatoms. The first-order chi connectivity index (χ1) is 19.4. The van der Waals surface area contributed by atoms with Crippen LogP contribution in [0.25, 0.3) is 0 Å². The molecule has 1 N–H and O–H groups in total. The van der Waals surface area contributed by atoms with E-state index in [4.69, 9.17) is 0 Å². The molecule has 0 aromatic heterocycles. The van der Waals surface area contributed by atoms with Crippen molar-refractivity contribution >= 4 is 0 Å². The van der Waals surface area contributed by atoms with Crippen molar-refractivity contribution in [2.24, 2.45) is 17.8 Å². The van der Waals surface area contributed by atoms with E-state index in [2.05, 4.69) is 47.6 Å². The van der Waals surface area contributed by atoms with Gasteiger partial charge in [-0.1, -0.05) is 182 Å². The third-order valence-corrected chi connectivity index (χ3v) is 9.33. The van der Waals surface area contributed by atoms with Crippen molar-refractivity contribution in [2.45, 2.75) is 196 Å². The van der Waals surface area contributed by atoms with E-state index in [1.165, 1.54) is 158 Å². The van der Waals surface area contributed by atoms with Gasteiger partial charge in [0.1, 0.15) is 5.75 Å². The molecule has 0 aliphatic rings. The first kappa shape index (κ1) is 37.0. The van der Waals surface area contributed by atoms with Gasteiger partial charge in [-0.3, -0.25) is 0 Å². The van der Waals surface area contributed by atoms with Crippen LogP contribution in [0.4, 0.5) is 0 Å². The molecule has 0 aliphatic carbocycles. The van der Waals surface area contributed by atoms with Gasteiger partial charge in [-0.05, 0) is 59.8 Å². The molecular weight excluding hydrogens is 484 g/mol. The minimum atomic E-state index is 0.559. The van der Waals surface area contributed by atoms with E-state index in [0.29, 0.717) is 17.6 Å². The molecule has 0 radical (unpaired) electrons. The number of hydrogen-bond acceptors (Lipinski definition) is 1. The number of hydrogen-bond donors (Lipinski definition) is 1. The first-order valence-corrected chi connectivity index (χ1v) is 18.2. The fourth-order valence-corrected chi connectivity index (χ4v) is 6.60. The average molecular weight is 557 g/mol. The first-order valence-electron chi connectivity index (χ1n) is 18.2. The van der Waals surface area contributed by atoms with Crippen molar-refractivity contribution in [3.8, 4) is 5.75 Å². The molecule has 0 fully saturated rings. The van der Waals surface area contributed by atoms with E-state index in [-0.39, 0.29) is 0 Å². The molecule has 1 nitrogen and oxygen atoms in total. The monoisotopic (exact) mass is 557 g/mol. The molecule has 3 unspecified atom stereocenters. The summed E-state index contributed by atoms with van der Waals surface area (Å²) in [6.45, 7) is 14.2. The Bertz CT molecular complexity index is 707. The smallest absolute Gasteiger partial charge is 0.119 e. The summed E-state index contributed by atoms with van der Waals surface area (Å²) in [4.78, 5) is 0. The SMILES string of the molecule is CCCCCCCCC(C)Cc1ccc(O)c(CC(C)CCCCCCCC)c1CC(C)CCCCCCCC. The molecule has 0 bridgehead atoms. The van der Waals surface area contributed by atoms with Crippen LogP contribution in [0.15, 0.2) is 12.1 Å². The van der Waals surface area contributed by atoms with Crippen LogP contribution < -0.4 is 0 Å². The zero-order valence-corrected chi connectivity index (χ0v) is 28.3. The summed E-state index contributed by atoms with van der Waals surface area (Å²) < 4.78 is 0. The topological polar surface area (TPSA) is 20.2 Å². The van der Waals surface area contributed by atoms with Crippen LogP contribution in [-0.2, 0) is 19.3 Å². The quantitative estimate of drug-likeness (QED) is 0.107. The molecular formula is C39H72O. The highest BCUT2D eigenvalue weighted by Crippen LogP contribution is 2.33. The maximum Gasteiger partial charge on any atom is 0.119 e. The lowest BCUT2D eigenvalue weighted by Gasteiger charge is -2.23. The number of phenolic OH excluding ortho intramolecular Hbond substituents is 1. The van der Waals surface area contributed by atoms with Crippen molar-refractivity contribution < 1.29 is 5.11 Å². The van der Waals surface area contributed by atoms with E-state index in [1.54, 1.807) is 0 Å². The highest BCUT2D eigenvalue weighted by molar-refractivity contribution is 5.45. The molecule has 1 aromatic carbocycles. The number of benzene rings is 1. The van der Waals surface area contributed by atoms with Gasteiger partial charge in [0.15, 0.2) is 0 Å². The van der Waals surface area contributed by atoms with E-state index >= 15 is 0 Å². The van der Waals surface area contributed by atoms with Crippen LogP contribution in [0, 0.1) is 17.8 Å². The number of rotatable bonds is 27. The predicted molar refractivity (Wildman–Crippen MR) is 181 cm³/mol. The summed E-state index contributed by atoms with van der Waals surface area (Å²) in [5.74, 6) is 2.61. The van der Waals surface area contributed by atoms with Crippen molar-refractivity contribution in [1.82, 2.24) is 0 Å². The Hall–Kier alpha value is -0.980. The van der Waals surface area contributed by atoms with Crippen LogP contribution in [-0.4, -0.2) is 5.11 Å². The van der Waals surface area contributed by atoms with Crippen LogP contribution in [0.2, 0.25) is 0 Å². The van der Waals surface area contributed by atoms with Gasteiger partial charge in [0.05, 0.1) is 0 Å². The number of phenols is 1. The van der Waals surface area contributed by atoms with Gasteiger partial charge in [-0.15, -0.1) is 0 Å². The Balaban J connectivity index is 2.84. The zero-order valence-electron chi connectivity index (χ0n) is 28.3. The molecule has 3 atom stereocenters. The minimum Gasteiger partial charge on any atom is -0.508 e. The van der Waals surface area contributed by atoms with Gasteiger partial charge in [-0.2, -0.15) is 0 Å². The van der Waals surface area contributed by atoms with Crippen LogP contribution in [0.5, 0.6) is 5.75 Å². The Morgan fingerprint density at radius 3 is 1.23 bits per heavy atom. The van der Waals surface area contributed by atoms with Gasteiger partial charge in [0.2, 0.25) is 0 Å². The third kappa shape index (κ3) is 17.7. The van der Waals surface area contributed by atoms with Crippen molar-refractivity contribution in [3.63, 3.8) is 0 Å². The van der Waals surface area contributed by atoms with Crippen LogP contribution in [0.1, 0.15) is 193 Å². The summed E-state index contributed by atoms with van der Waals surface area (Å²) in [5.41, 5.74) is 4.34. The van der Waals surface area contributed by atoms with Crippen molar-refractivity contribution in [3.05, 3.63) is 28.8 Å². The van der Waals surface area contributed by atoms with Gasteiger partial charge in [-0.25, -0.2) is 0 Å². The molecule has 0 heterocycles. The molecule has 234 valence electrons. The van der Waals surface area contributed by atoms with E-state index in [9.17, 15) is 5.11 Å². The normalized spacial score (nSPS) is 13.9. The molecule has 0 amide bonds. The van der Waals surface area contributed by atoms with Gasteiger partial charge >= 0.3 is 0 Å². The molecule has 0 spiro atoms. The molecule has 1 rings (SSSR count). The maximum absolute atomic E-state index is 11.1. The lowest BCUT2D eigenvalue weighted by atomic mass is 9.82. The van der Waals surface area contributed by atoms with Crippen LogP contribution in [0.3, 0.4) is 0 Å². The fourth-order valence-electron chi connectivity index (χ4n) is 6.60. The van der Waals surface area contributed by atoms with Crippen molar-refractivity contribution in [2.75, 3.05) is 0 Å². The van der Waals surface area contributed by atoms with Gasteiger partial charge in [0.25, 0.3) is 0 Å². The van der Waals surface area contributed by atoms with Gasteiger partial charge in [0, 0.05) is 0 Å². The standard InChI is InChI=1S/C39H72O/c1-7-10-13-16-19-22-25-33(4)30-36-28-29-39(40)38(32-35(6)27-24-21-18-15-12-9-3)37(36)31-34(5)26-23-20-17-14-11-8-2/h28-29,33-35,40H,7-27,30-32H2,1-6H3. The van der Waals surface area contributed by atoms with E-state index in [0.717, 1.165) is 18.8 Å². The molecule has 0 saturated carbocycles. The zero-order chi connectivity index (χ0) is 29.4. The summed E-state index contributed by atoms with van der Waals surface area (Å²) in [5, 5.41) is 11.1. The number of aromatic hydroxyl groups is 1. The Morgan fingerprint density at radius 1 is 0.450 bits per heavy atom. The second-order valence-electron chi connectivity index (χ2n) is 13.8. The Labute approximate surface area is 252 Å². The van der Waals surface area contributed by atoms with E-state index < -0.39 is 0 Å². The third-order valence-electron chi connectivity index (χ3n) is 9.33. The summed E-state index contributed by atoms with van der Waals surface area (Å²) in [7, 11) is 0. The van der Waals surface area contributed by atoms with Crippen molar-refractivity contribution in [1.29, 1.82) is 0 Å². The van der Waals surface area contributed by atoms with E-state index in [1.807, 2.05) is 6.07 Å². The largest absolute Gasteiger partial charge is 0.508 e. The van der Waals surface area contributed by atoms with Gasteiger partial charge < -0.3 is 5.11 Å². The fraction of sp³-hybridized carbons (Fsp3) is 0.846. The molecule has 1 aromatic rings. The molecule has 0 saturated heterocycles. The summed E-state index contributed by atoms with van der Waals surface area (Å²) in [6.07, 6.45) is 32.0. The minimum absolute atomic E-state index is 0.559. The summed E-state index contributed by atoms with van der Waals surface area (Å²) >= 11 is 0. The summed E-state index contributed by atoms with van der Waals surface area (Å²) in [6, 6.07) is 4.31. The molecule has 40 heavy (non-hydrogen) atoms.